The Kier molecular flexibility index (Phi) is 5.66. The number of nitriles is 1. The molecule has 0 amide bonds. The van der Waals surface area contributed by atoms with Crippen molar-refractivity contribution < 1.29 is 17.9 Å². The second-order valence-corrected chi connectivity index (χ2v) is 6.45. The van der Waals surface area contributed by atoms with Crippen molar-refractivity contribution in [2.24, 2.45) is 0 Å². The molecule has 2 aromatic rings. The third-order valence-electron chi connectivity index (χ3n) is 3.09. The normalized spacial score (nSPS) is 10.7. The first-order valence-electron chi connectivity index (χ1n) is 7.42. The average Bonchev–Trinajstić information content (AvgIpc) is 2.57. The highest BCUT2D eigenvalue weighted by Gasteiger charge is 2.15. The van der Waals surface area contributed by atoms with Crippen LogP contribution in [0.1, 0.15) is 19.4 Å². The van der Waals surface area contributed by atoms with Crippen LogP contribution in [0, 0.1) is 11.3 Å². The van der Waals surface area contributed by atoms with Crippen LogP contribution in [0.2, 0.25) is 0 Å². The van der Waals surface area contributed by atoms with Crippen LogP contribution >= 0.6 is 0 Å². The Labute approximate surface area is 141 Å². The zero-order chi connectivity index (χ0) is 17.6. The van der Waals surface area contributed by atoms with Crippen LogP contribution in [0.15, 0.2) is 47.4 Å². The molecule has 0 radical (unpaired) electrons. The topological polar surface area (TPSA) is 88.4 Å². The van der Waals surface area contributed by atoms with Crippen LogP contribution < -0.4 is 14.2 Å². The molecule has 126 valence electrons. The molecule has 0 unspecified atom stereocenters. The molecule has 2 aromatic carbocycles. The summed E-state index contributed by atoms with van der Waals surface area (Å²) in [5.41, 5.74) is 0.764. The Hall–Kier alpha value is -2.72. The highest BCUT2D eigenvalue weighted by atomic mass is 32.2. The Bertz CT molecular complexity index is 840. The predicted octanol–water partition coefficient (Wildman–Crippen LogP) is 3.16. The lowest BCUT2D eigenvalue weighted by atomic mass is 10.2. The second-order valence-electron chi connectivity index (χ2n) is 4.77. The number of rotatable bonds is 7. The van der Waals surface area contributed by atoms with Crippen molar-refractivity contribution in [2.45, 2.75) is 18.7 Å². The van der Waals surface area contributed by atoms with Gasteiger partial charge in [-0.3, -0.25) is 4.72 Å². The fourth-order valence-corrected chi connectivity index (χ4v) is 3.09. The van der Waals surface area contributed by atoms with Crippen LogP contribution in [-0.2, 0) is 10.0 Å². The first kappa shape index (κ1) is 17.6. The fourth-order valence-electron chi connectivity index (χ4n) is 2.04. The molecule has 0 heterocycles. The van der Waals surface area contributed by atoms with Crippen molar-refractivity contribution in [3.63, 3.8) is 0 Å². The molecule has 6 nitrogen and oxygen atoms in total. The zero-order valence-corrected chi connectivity index (χ0v) is 14.3. The fraction of sp³-hybridized carbons (Fsp3) is 0.235. The number of sulfonamides is 1. The number of ether oxygens (including phenoxy) is 2. The summed E-state index contributed by atoms with van der Waals surface area (Å²) >= 11 is 0. The van der Waals surface area contributed by atoms with Gasteiger partial charge in [-0.1, -0.05) is 0 Å². The SMILES string of the molecule is CCOc1ccc(NS(=O)(=O)c2ccc(C#N)cc2)cc1OCC. The number of hydrogen-bond acceptors (Lipinski definition) is 5. The second kappa shape index (κ2) is 7.70. The molecule has 0 aliphatic carbocycles. The molecule has 7 heteroatoms. The van der Waals surface area contributed by atoms with Gasteiger partial charge < -0.3 is 9.47 Å². The summed E-state index contributed by atoms with van der Waals surface area (Å²) < 4.78 is 38.3. The Morgan fingerprint density at radius 3 is 2.21 bits per heavy atom. The van der Waals surface area contributed by atoms with Gasteiger partial charge in [0.15, 0.2) is 11.5 Å². The molecule has 0 saturated heterocycles. The maximum absolute atomic E-state index is 12.4. The van der Waals surface area contributed by atoms with E-state index in [-0.39, 0.29) is 4.90 Å². The minimum absolute atomic E-state index is 0.0772. The minimum atomic E-state index is -3.75. The van der Waals surface area contributed by atoms with E-state index < -0.39 is 10.0 Å². The molecule has 0 atom stereocenters. The Morgan fingerprint density at radius 1 is 1.00 bits per heavy atom. The number of anilines is 1. The highest BCUT2D eigenvalue weighted by molar-refractivity contribution is 7.92. The first-order chi connectivity index (χ1) is 11.5. The Morgan fingerprint density at radius 2 is 1.62 bits per heavy atom. The Balaban J connectivity index is 2.28. The predicted molar refractivity (Wildman–Crippen MR) is 90.7 cm³/mol. The number of hydrogen-bond donors (Lipinski definition) is 1. The van der Waals surface area contributed by atoms with Gasteiger partial charge in [-0.05, 0) is 50.2 Å². The van der Waals surface area contributed by atoms with Crippen LogP contribution in [0.5, 0.6) is 11.5 Å². The van der Waals surface area contributed by atoms with Gasteiger partial charge in [-0.2, -0.15) is 5.26 Å². The lowest BCUT2D eigenvalue weighted by Crippen LogP contribution is -2.13. The van der Waals surface area contributed by atoms with Crippen molar-refractivity contribution >= 4 is 15.7 Å². The summed E-state index contributed by atoms with van der Waals surface area (Å²) in [6.07, 6.45) is 0. The molecule has 2 rings (SSSR count). The lowest BCUT2D eigenvalue weighted by molar-refractivity contribution is 0.288. The van der Waals surface area contributed by atoms with E-state index in [0.717, 1.165) is 0 Å². The third kappa shape index (κ3) is 4.18. The molecule has 0 aliphatic rings. The lowest BCUT2D eigenvalue weighted by Gasteiger charge is -2.13. The van der Waals surface area contributed by atoms with E-state index in [1.165, 1.54) is 24.3 Å². The van der Waals surface area contributed by atoms with Gasteiger partial charge in [0.25, 0.3) is 10.0 Å². The van der Waals surface area contributed by atoms with Gasteiger partial charge in [0, 0.05) is 6.07 Å². The maximum atomic E-state index is 12.4. The zero-order valence-electron chi connectivity index (χ0n) is 13.4. The highest BCUT2D eigenvalue weighted by Crippen LogP contribution is 2.31. The monoisotopic (exact) mass is 346 g/mol. The number of nitrogens with zero attached hydrogens (tertiary/aromatic N) is 1. The molecule has 1 N–H and O–H groups in total. The molecule has 0 aromatic heterocycles. The van der Waals surface area contributed by atoms with Crippen molar-refractivity contribution in [1.29, 1.82) is 5.26 Å². The van der Waals surface area contributed by atoms with Gasteiger partial charge in [0.05, 0.1) is 35.4 Å². The molecule has 0 aliphatic heterocycles. The van der Waals surface area contributed by atoms with E-state index in [9.17, 15) is 8.42 Å². The maximum Gasteiger partial charge on any atom is 0.261 e. The summed E-state index contributed by atoms with van der Waals surface area (Å²) in [6.45, 7) is 4.61. The minimum Gasteiger partial charge on any atom is -0.490 e. The van der Waals surface area contributed by atoms with E-state index in [2.05, 4.69) is 4.72 Å². The van der Waals surface area contributed by atoms with Gasteiger partial charge >= 0.3 is 0 Å². The molecule has 0 spiro atoms. The quantitative estimate of drug-likeness (QED) is 0.832. The summed E-state index contributed by atoms with van der Waals surface area (Å²) in [6, 6.07) is 12.5. The van der Waals surface area contributed by atoms with E-state index in [0.29, 0.717) is 36.0 Å². The van der Waals surface area contributed by atoms with Crippen molar-refractivity contribution in [1.82, 2.24) is 0 Å². The van der Waals surface area contributed by atoms with Crippen LogP contribution in [0.3, 0.4) is 0 Å². The molecule has 0 bridgehead atoms. The summed E-state index contributed by atoms with van der Waals surface area (Å²) in [4.78, 5) is 0.0772. The van der Waals surface area contributed by atoms with Crippen LogP contribution in [0.25, 0.3) is 0 Å². The van der Waals surface area contributed by atoms with E-state index in [1.54, 1.807) is 18.2 Å². The number of nitrogens with one attached hydrogen (secondary N) is 1. The molecule has 24 heavy (non-hydrogen) atoms. The average molecular weight is 346 g/mol. The van der Waals surface area contributed by atoms with Gasteiger partial charge in [0.2, 0.25) is 0 Å². The smallest absolute Gasteiger partial charge is 0.261 e. The van der Waals surface area contributed by atoms with Gasteiger partial charge in [-0.15, -0.1) is 0 Å². The third-order valence-corrected chi connectivity index (χ3v) is 4.49. The molecule has 0 fully saturated rings. The largest absolute Gasteiger partial charge is 0.490 e. The number of benzene rings is 2. The van der Waals surface area contributed by atoms with Crippen LogP contribution in [-0.4, -0.2) is 21.6 Å². The van der Waals surface area contributed by atoms with Gasteiger partial charge in [0.1, 0.15) is 0 Å². The molecular weight excluding hydrogens is 328 g/mol. The molecule has 0 saturated carbocycles. The van der Waals surface area contributed by atoms with Crippen LogP contribution in [0.4, 0.5) is 5.69 Å². The van der Waals surface area contributed by atoms with Gasteiger partial charge in [-0.25, -0.2) is 8.42 Å². The summed E-state index contributed by atoms with van der Waals surface area (Å²) in [5, 5.41) is 8.78. The van der Waals surface area contributed by atoms with E-state index >= 15 is 0 Å². The van der Waals surface area contributed by atoms with Crippen molar-refractivity contribution in [3.05, 3.63) is 48.0 Å². The summed E-state index contributed by atoms with van der Waals surface area (Å²) in [5.74, 6) is 1.03. The van der Waals surface area contributed by atoms with Crippen molar-refractivity contribution in [3.8, 4) is 17.6 Å². The van der Waals surface area contributed by atoms with Crippen molar-refractivity contribution in [2.75, 3.05) is 17.9 Å². The first-order valence-corrected chi connectivity index (χ1v) is 8.91. The standard InChI is InChI=1S/C17H18N2O4S/c1-3-22-16-10-7-14(11-17(16)23-4-2)19-24(20,21)15-8-5-13(12-18)6-9-15/h5-11,19H,3-4H2,1-2H3. The van der Waals surface area contributed by atoms with E-state index in [4.69, 9.17) is 14.7 Å². The van der Waals surface area contributed by atoms with E-state index in [1.807, 2.05) is 19.9 Å². The summed E-state index contributed by atoms with van der Waals surface area (Å²) in [7, 11) is -3.75. The molecular formula is C17H18N2O4S.